The van der Waals surface area contributed by atoms with Gasteiger partial charge < -0.3 is 16.4 Å². The van der Waals surface area contributed by atoms with Crippen LogP contribution >= 0.6 is 0 Å². The van der Waals surface area contributed by atoms with Crippen LogP contribution in [0.5, 0.6) is 0 Å². The van der Waals surface area contributed by atoms with Crippen LogP contribution in [-0.4, -0.2) is 33.4 Å². The van der Waals surface area contributed by atoms with E-state index >= 15 is 0 Å². The summed E-state index contributed by atoms with van der Waals surface area (Å²) < 4.78 is 1.75. The molecule has 2 aromatic rings. The van der Waals surface area contributed by atoms with Crippen molar-refractivity contribution in [2.45, 2.75) is 34.1 Å². The summed E-state index contributed by atoms with van der Waals surface area (Å²) >= 11 is 0. The summed E-state index contributed by atoms with van der Waals surface area (Å²) in [6.45, 7) is 11.9. The van der Waals surface area contributed by atoms with Crippen LogP contribution in [0, 0.1) is 12.8 Å². The van der Waals surface area contributed by atoms with Crippen LogP contribution in [-0.2, 0) is 11.8 Å². The fraction of sp³-hybridized carbons (Fsp3) is 0.333. The molecule has 0 aliphatic rings. The van der Waals surface area contributed by atoms with Gasteiger partial charge in [0.05, 0.1) is 40.7 Å². The molecule has 0 aliphatic carbocycles. The largest absolute Gasteiger partial charge is 0.404 e. The predicted molar refractivity (Wildman–Crippen MR) is 132 cm³/mol. The molecule has 0 radical (unpaired) electrons. The normalized spacial score (nSPS) is 13.6. The third-order valence-electron chi connectivity index (χ3n) is 5.21. The van der Waals surface area contributed by atoms with Crippen molar-refractivity contribution >= 4 is 28.6 Å². The lowest BCUT2D eigenvalue weighted by molar-refractivity contribution is -0.112. The van der Waals surface area contributed by atoms with Crippen LogP contribution < -0.4 is 16.4 Å². The second-order valence-electron chi connectivity index (χ2n) is 7.70. The van der Waals surface area contributed by atoms with Gasteiger partial charge in [-0.15, -0.1) is 0 Å². The van der Waals surface area contributed by atoms with Crippen LogP contribution in [0.4, 0.5) is 11.4 Å². The molecule has 0 saturated heterocycles. The van der Waals surface area contributed by atoms with E-state index in [-0.39, 0.29) is 17.4 Å². The van der Waals surface area contributed by atoms with Crippen molar-refractivity contribution in [3.8, 4) is 0 Å². The minimum atomic E-state index is -0.382. The maximum Gasteiger partial charge on any atom is 0.259 e. The Morgan fingerprint density at radius 3 is 2.66 bits per heavy atom. The van der Waals surface area contributed by atoms with Gasteiger partial charge in [0, 0.05) is 38.3 Å². The van der Waals surface area contributed by atoms with Crippen molar-refractivity contribution < 1.29 is 4.79 Å². The summed E-state index contributed by atoms with van der Waals surface area (Å²) in [6.07, 6.45) is 9.43. The van der Waals surface area contributed by atoms with Crippen molar-refractivity contribution in [3.05, 3.63) is 66.0 Å². The Bertz CT molecular complexity index is 1080. The number of allylic oxidation sites excluding steroid dienone is 2. The van der Waals surface area contributed by atoms with Crippen LogP contribution in [0.2, 0.25) is 0 Å². The first-order valence-corrected chi connectivity index (χ1v) is 10.5. The molecule has 8 heteroatoms. The molecule has 32 heavy (non-hydrogen) atoms. The molecule has 2 aromatic heterocycles. The number of nitrogens with zero attached hydrogens (tertiary/aromatic N) is 4. The molecule has 1 amide bonds. The number of aryl methyl sites for hydroxylation is 2. The number of rotatable bonds is 9. The molecule has 8 nitrogen and oxygen atoms in total. The van der Waals surface area contributed by atoms with E-state index < -0.39 is 0 Å². The smallest absolute Gasteiger partial charge is 0.259 e. The summed E-state index contributed by atoms with van der Waals surface area (Å²) in [4.78, 5) is 22.0. The van der Waals surface area contributed by atoms with E-state index in [4.69, 9.17) is 5.73 Å². The number of carbonyl (C=O) groups excluding carboxylic acids is 1. The number of pyridine rings is 1. The highest BCUT2D eigenvalue weighted by Gasteiger charge is 2.19. The molecule has 0 spiro atoms. The number of hydrogen-bond donors (Lipinski definition) is 3. The van der Waals surface area contributed by atoms with Gasteiger partial charge in [-0.05, 0) is 43.4 Å². The van der Waals surface area contributed by atoms with Crippen molar-refractivity contribution in [1.29, 1.82) is 0 Å². The number of amides is 1. The van der Waals surface area contributed by atoms with Gasteiger partial charge in [-0.1, -0.05) is 20.4 Å². The Balaban J connectivity index is 2.44. The third kappa shape index (κ3) is 5.94. The molecule has 0 bridgehead atoms. The molecule has 4 N–H and O–H groups in total. The molecule has 0 aromatic carbocycles. The number of aromatic nitrogens is 3. The SMILES string of the molecule is C=C(C)C(=N/C=C(/c1cnn(C)c1)C(C)CC)/C(=C\N)C(=O)Nc1cc(NC)cnc1C. The molecule has 0 fully saturated rings. The van der Waals surface area contributed by atoms with E-state index in [1.807, 2.05) is 32.4 Å². The lowest BCUT2D eigenvalue weighted by Crippen LogP contribution is -2.23. The van der Waals surface area contributed by atoms with Gasteiger partial charge in [0.15, 0.2) is 0 Å². The maximum atomic E-state index is 13.1. The molecule has 0 aliphatic heterocycles. The van der Waals surface area contributed by atoms with Crippen LogP contribution in [0.15, 0.2) is 59.8 Å². The van der Waals surface area contributed by atoms with Gasteiger partial charge in [0.25, 0.3) is 5.91 Å². The average Bonchev–Trinajstić information content (AvgIpc) is 3.19. The Labute approximate surface area is 190 Å². The minimum Gasteiger partial charge on any atom is -0.404 e. The monoisotopic (exact) mass is 435 g/mol. The number of hydrogen-bond acceptors (Lipinski definition) is 6. The van der Waals surface area contributed by atoms with Crippen LogP contribution in [0.1, 0.15) is 38.4 Å². The highest BCUT2D eigenvalue weighted by molar-refractivity contribution is 6.30. The zero-order valence-corrected chi connectivity index (χ0v) is 19.7. The second-order valence-corrected chi connectivity index (χ2v) is 7.70. The second kappa shape index (κ2) is 11.1. The molecule has 1 unspecified atom stereocenters. The zero-order valence-electron chi connectivity index (χ0n) is 19.7. The van der Waals surface area contributed by atoms with Crippen molar-refractivity contribution in [1.82, 2.24) is 14.8 Å². The average molecular weight is 436 g/mol. The number of nitrogens with two attached hydrogens (primary N) is 1. The summed E-state index contributed by atoms with van der Waals surface area (Å²) in [5, 5.41) is 10.2. The quantitative estimate of drug-likeness (QED) is 0.406. The third-order valence-corrected chi connectivity index (χ3v) is 5.21. The van der Waals surface area contributed by atoms with Crippen molar-refractivity contribution in [2.24, 2.45) is 23.7 Å². The number of nitrogens with one attached hydrogen (secondary N) is 2. The lowest BCUT2D eigenvalue weighted by atomic mass is 9.95. The predicted octanol–water partition coefficient (Wildman–Crippen LogP) is 4.05. The molecule has 1 atom stereocenters. The summed E-state index contributed by atoms with van der Waals surface area (Å²) in [5.41, 5.74) is 11.2. The first kappa shape index (κ1) is 24.6. The van der Waals surface area contributed by atoms with Crippen molar-refractivity contribution in [3.63, 3.8) is 0 Å². The highest BCUT2D eigenvalue weighted by atomic mass is 16.1. The summed E-state index contributed by atoms with van der Waals surface area (Å²) in [7, 11) is 3.66. The minimum absolute atomic E-state index is 0.234. The van der Waals surface area contributed by atoms with E-state index in [0.29, 0.717) is 22.7 Å². The summed E-state index contributed by atoms with van der Waals surface area (Å²) in [5.74, 6) is -0.126. The van der Waals surface area contributed by atoms with Gasteiger partial charge in [0.2, 0.25) is 0 Å². The Morgan fingerprint density at radius 2 is 2.12 bits per heavy atom. The van der Waals surface area contributed by atoms with Gasteiger partial charge in [-0.2, -0.15) is 5.10 Å². The van der Waals surface area contributed by atoms with E-state index in [1.54, 1.807) is 31.1 Å². The standard InChI is InChI=1S/C24H33N7O/c1-8-16(4)21(18-11-29-31(7)14-18)13-28-23(15(2)3)20(10-25)24(32)30-22-9-19(26-6)12-27-17(22)5/h9-14,16,26H,2,8,25H2,1,3-7H3,(H,30,32)/b20-10+,21-13+,28-23-. The van der Waals surface area contributed by atoms with E-state index in [1.165, 1.54) is 6.20 Å². The molecule has 170 valence electrons. The lowest BCUT2D eigenvalue weighted by Gasteiger charge is -2.14. The Kier molecular flexibility index (Phi) is 8.52. The molecule has 2 rings (SSSR count). The summed E-state index contributed by atoms with van der Waals surface area (Å²) in [6, 6.07) is 1.81. The zero-order chi connectivity index (χ0) is 23.8. The topological polar surface area (TPSA) is 110 Å². The van der Waals surface area contributed by atoms with Gasteiger partial charge >= 0.3 is 0 Å². The Hall–Kier alpha value is -3.68. The fourth-order valence-corrected chi connectivity index (χ4v) is 3.07. The Morgan fingerprint density at radius 1 is 1.41 bits per heavy atom. The van der Waals surface area contributed by atoms with Gasteiger partial charge in [-0.3, -0.25) is 19.5 Å². The van der Waals surface area contributed by atoms with E-state index in [0.717, 1.165) is 23.2 Å². The first-order valence-electron chi connectivity index (χ1n) is 10.5. The highest BCUT2D eigenvalue weighted by Crippen LogP contribution is 2.26. The molecule has 0 saturated carbocycles. The van der Waals surface area contributed by atoms with Gasteiger partial charge in [0.1, 0.15) is 0 Å². The number of anilines is 2. The van der Waals surface area contributed by atoms with Gasteiger partial charge in [-0.25, -0.2) is 0 Å². The number of carbonyl (C=O) groups is 1. The van der Waals surface area contributed by atoms with Crippen LogP contribution in [0.3, 0.4) is 0 Å². The number of aliphatic imine (C=N–C) groups is 1. The first-order chi connectivity index (χ1) is 15.2. The molecule has 2 heterocycles. The van der Waals surface area contributed by atoms with Crippen LogP contribution in [0.25, 0.3) is 5.57 Å². The van der Waals surface area contributed by atoms with E-state index in [9.17, 15) is 4.79 Å². The van der Waals surface area contributed by atoms with Crippen molar-refractivity contribution in [2.75, 3.05) is 17.7 Å². The van der Waals surface area contributed by atoms with E-state index in [2.05, 4.69) is 46.1 Å². The maximum absolute atomic E-state index is 13.1. The molecular weight excluding hydrogens is 402 g/mol. The molecular formula is C24H33N7O. The fourth-order valence-electron chi connectivity index (χ4n) is 3.07.